The molecule has 0 radical (unpaired) electrons. The van der Waals surface area contributed by atoms with Gasteiger partial charge in [-0.1, -0.05) is 25.7 Å². The zero-order valence-corrected chi connectivity index (χ0v) is 16.9. The smallest absolute Gasteiger partial charge is 0.244 e. The Morgan fingerprint density at radius 2 is 1.96 bits per heavy atom. The van der Waals surface area contributed by atoms with Gasteiger partial charge in [0.05, 0.1) is 11.8 Å². The molecule has 1 saturated carbocycles. The lowest BCUT2D eigenvalue weighted by Crippen LogP contribution is -2.57. The predicted molar refractivity (Wildman–Crippen MR) is 100 cm³/mol. The number of nitrogens with one attached hydrogen (secondary N) is 2. The number of nitrogens with zero attached hydrogens (tertiary/aromatic N) is 1. The maximum absolute atomic E-state index is 12.8. The lowest BCUT2D eigenvalue weighted by Gasteiger charge is -2.38. The van der Waals surface area contributed by atoms with Crippen molar-refractivity contribution < 1.29 is 22.7 Å². The number of carbonyl (C=O) groups excluding carboxylic acids is 2. The van der Waals surface area contributed by atoms with Gasteiger partial charge in [-0.2, -0.15) is 4.31 Å². The number of amides is 2. The average molecular weight is 402 g/mol. The van der Waals surface area contributed by atoms with E-state index in [4.69, 9.17) is 4.74 Å². The van der Waals surface area contributed by atoms with Crippen molar-refractivity contribution in [2.24, 2.45) is 5.92 Å². The molecular formula is C18H31N3O5S. The van der Waals surface area contributed by atoms with Crippen LogP contribution in [0.5, 0.6) is 0 Å². The summed E-state index contributed by atoms with van der Waals surface area (Å²) in [5.41, 5.74) is -0.623. The van der Waals surface area contributed by atoms with Gasteiger partial charge in [-0.05, 0) is 25.2 Å². The van der Waals surface area contributed by atoms with Crippen molar-refractivity contribution in [2.45, 2.75) is 62.9 Å². The second kappa shape index (κ2) is 8.45. The van der Waals surface area contributed by atoms with Gasteiger partial charge in [0.1, 0.15) is 6.04 Å². The molecule has 0 bridgehead atoms. The second-order valence-corrected chi connectivity index (χ2v) is 10.2. The Balaban J connectivity index is 1.66. The summed E-state index contributed by atoms with van der Waals surface area (Å²) < 4.78 is 31.2. The van der Waals surface area contributed by atoms with Crippen LogP contribution in [0, 0.1) is 5.92 Å². The second-order valence-electron chi connectivity index (χ2n) is 8.25. The zero-order chi connectivity index (χ0) is 19.5. The fourth-order valence-corrected chi connectivity index (χ4v) is 5.29. The molecule has 9 heteroatoms. The van der Waals surface area contributed by atoms with Crippen molar-refractivity contribution >= 4 is 21.8 Å². The highest BCUT2D eigenvalue weighted by Crippen LogP contribution is 2.29. The molecule has 27 heavy (non-hydrogen) atoms. The minimum Gasteiger partial charge on any atom is -0.381 e. The quantitative estimate of drug-likeness (QED) is 0.693. The predicted octanol–water partition coefficient (Wildman–Crippen LogP) is 0.382. The standard InChI is InChI=1S/C18H31N3O5S/c1-27(24,25)21-12-15(19-16(22)7-6-14-4-2-3-5-14)17(23)20-18(13-21)8-10-26-11-9-18/h14-15H,2-13H2,1H3,(H,19,22)(H,20,23). The van der Waals surface area contributed by atoms with E-state index in [0.29, 0.717) is 38.4 Å². The van der Waals surface area contributed by atoms with Gasteiger partial charge in [0.2, 0.25) is 21.8 Å². The minimum atomic E-state index is -3.49. The highest BCUT2D eigenvalue weighted by molar-refractivity contribution is 7.88. The summed E-state index contributed by atoms with van der Waals surface area (Å²) >= 11 is 0. The van der Waals surface area contributed by atoms with Gasteiger partial charge in [-0.3, -0.25) is 9.59 Å². The van der Waals surface area contributed by atoms with Gasteiger partial charge < -0.3 is 15.4 Å². The molecule has 3 fully saturated rings. The summed E-state index contributed by atoms with van der Waals surface area (Å²) in [6, 6.07) is -0.863. The van der Waals surface area contributed by atoms with Gasteiger partial charge in [0, 0.05) is 32.7 Å². The largest absolute Gasteiger partial charge is 0.381 e. The van der Waals surface area contributed by atoms with E-state index in [2.05, 4.69) is 10.6 Å². The van der Waals surface area contributed by atoms with Gasteiger partial charge in [0.15, 0.2) is 0 Å². The van der Waals surface area contributed by atoms with Crippen molar-refractivity contribution in [3.63, 3.8) is 0 Å². The number of rotatable bonds is 5. The van der Waals surface area contributed by atoms with Crippen LogP contribution in [0.4, 0.5) is 0 Å². The zero-order valence-electron chi connectivity index (χ0n) is 16.0. The van der Waals surface area contributed by atoms with Crippen molar-refractivity contribution in [1.29, 1.82) is 0 Å². The van der Waals surface area contributed by atoms with Crippen molar-refractivity contribution in [3.05, 3.63) is 0 Å². The summed E-state index contributed by atoms with van der Waals surface area (Å²) in [6.45, 7) is 1.16. The van der Waals surface area contributed by atoms with Crippen molar-refractivity contribution in [3.8, 4) is 0 Å². The first-order valence-electron chi connectivity index (χ1n) is 9.92. The molecule has 2 saturated heterocycles. The van der Waals surface area contributed by atoms with E-state index in [9.17, 15) is 18.0 Å². The molecule has 154 valence electrons. The number of hydrogen-bond donors (Lipinski definition) is 2. The Bertz CT molecular complexity index is 654. The molecular weight excluding hydrogens is 370 g/mol. The van der Waals surface area contributed by atoms with Gasteiger partial charge >= 0.3 is 0 Å². The fourth-order valence-electron chi connectivity index (χ4n) is 4.39. The number of sulfonamides is 1. The van der Waals surface area contributed by atoms with Crippen LogP contribution in [-0.2, 0) is 24.3 Å². The normalized spacial score (nSPS) is 27.3. The highest BCUT2D eigenvalue weighted by Gasteiger charge is 2.43. The van der Waals surface area contributed by atoms with Crippen LogP contribution < -0.4 is 10.6 Å². The van der Waals surface area contributed by atoms with Gasteiger partial charge in [-0.25, -0.2) is 8.42 Å². The van der Waals surface area contributed by atoms with E-state index >= 15 is 0 Å². The lowest BCUT2D eigenvalue weighted by atomic mass is 9.90. The lowest BCUT2D eigenvalue weighted by molar-refractivity contribution is -0.130. The van der Waals surface area contributed by atoms with Crippen LogP contribution in [0.15, 0.2) is 0 Å². The Hall–Kier alpha value is -1.19. The van der Waals surface area contributed by atoms with Crippen LogP contribution in [-0.4, -0.2) is 68.7 Å². The molecule has 0 aromatic heterocycles. The maximum atomic E-state index is 12.8. The van der Waals surface area contributed by atoms with E-state index in [0.717, 1.165) is 12.7 Å². The SMILES string of the molecule is CS(=O)(=O)N1CC(NC(=O)CCC2CCCC2)C(=O)NC2(CCOCC2)C1. The first kappa shape index (κ1) is 20.5. The molecule has 2 amide bonds. The van der Waals surface area contributed by atoms with E-state index < -0.39 is 21.6 Å². The molecule has 8 nitrogen and oxygen atoms in total. The molecule has 3 rings (SSSR count). The average Bonchev–Trinajstić information content (AvgIpc) is 3.07. The summed E-state index contributed by atoms with van der Waals surface area (Å²) in [5, 5.41) is 5.78. The molecule has 2 N–H and O–H groups in total. The minimum absolute atomic E-state index is 0.0254. The van der Waals surface area contributed by atoms with E-state index in [-0.39, 0.29) is 24.9 Å². The van der Waals surface area contributed by atoms with E-state index in [1.165, 1.54) is 30.0 Å². The number of ether oxygens (including phenoxy) is 1. The summed E-state index contributed by atoms with van der Waals surface area (Å²) in [5.74, 6) is 0.104. The molecule has 2 heterocycles. The molecule has 1 unspecified atom stereocenters. The van der Waals surface area contributed by atoms with Gasteiger partial charge in [-0.15, -0.1) is 0 Å². The topological polar surface area (TPSA) is 105 Å². The highest BCUT2D eigenvalue weighted by atomic mass is 32.2. The Morgan fingerprint density at radius 1 is 1.30 bits per heavy atom. The van der Waals surface area contributed by atoms with Crippen LogP contribution >= 0.6 is 0 Å². The Morgan fingerprint density at radius 3 is 2.59 bits per heavy atom. The van der Waals surface area contributed by atoms with E-state index in [1.54, 1.807) is 0 Å². The maximum Gasteiger partial charge on any atom is 0.244 e. The van der Waals surface area contributed by atoms with Crippen molar-refractivity contribution in [2.75, 3.05) is 32.6 Å². The third-order valence-electron chi connectivity index (χ3n) is 6.08. The Kier molecular flexibility index (Phi) is 6.43. The third-order valence-corrected chi connectivity index (χ3v) is 7.29. The van der Waals surface area contributed by atoms with Crippen molar-refractivity contribution in [1.82, 2.24) is 14.9 Å². The van der Waals surface area contributed by atoms with Crippen LogP contribution in [0.3, 0.4) is 0 Å². The van der Waals surface area contributed by atoms with Crippen LogP contribution in [0.1, 0.15) is 51.4 Å². The molecule has 3 aliphatic rings. The molecule has 0 aromatic carbocycles. The summed E-state index contributed by atoms with van der Waals surface area (Å²) in [4.78, 5) is 25.1. The molecule has 2 aliphatic heterocycles. The number of carbonyl (C=O) groups is 2. The van der Waals surface area contributed by atoms with Crippen LogP contribution in [0.2, 0.25) is 0 Å². The summed E-state index contributed by atoms with van der Waals surface area (Å²) in [6.07, 6.45) is 8.28. The molecule has 1 spiro atoms. The molecule has 0 aromatic rings. The summed E-state index contributed by atoms with van der Waals surface area (Å²) in [7, 11) is -3.49. The number of hydrogen-bond acceptors (Lipinski definition) is 5. The monoisotopic (exact) mass is 401 g/mol. The molecule has 1 aliphatic carbocycles. The first-order valence-corrected chi connectivity index (χ1v) is 11.8. The fraction of sp³-hybridized carbons (Fsp3) is 0.889. The van der Waals surface area contributed by atoms with Gasteiger partial charge in [0.25, 0.3) is 0 Å². The first-order chi connectivity index (χ1) is 12.8. The van der Waals surface area contributed by atoms with E-state index in [1.807, 2.05) is 0 Å². The Labute approximate surface area is 161 Å². The van der Waals surface area contributed by atoms with Crippen LogP contribution in [0.25, 0.3) is 0 Å². The third kappa shape index (κ3) is 5.42. The molecule has 1 atom stereocenters.